The van der Waals surface area contributed by atoms with Crippen LogP contribution in [0.3, 0.4) is 0 Å². The van der Waals surface area contributed by atoms with Gasteiger partial charge in [0.2, 0.25) is 5.91 Å². The zero-order chi connectivity index (χ0) is 19.3. The summed E-state index contributed by atoms with van der Waals surface area (Å²) >= 11 is 0. The van der Waals surface area contributed by atoms with Gasteiger partial charge in [-0.15, -0.1) is 0 Å². The predicted molar refractivity (Wildman–Crippen MR) is 117 cm³/mol. The van der Waals surface area contributed by atoms with Crippen molar-refractivity contribution in [3.63, 3.8) is 0 Å². The number of carbonyl (C=O) groups excluding carboxylic acids is 1. The van der Waals surface area contributed by atoms with Gasteiger partial charge >= 0.3 is 0 Å². The summed E-state index contributed by atoms with van der Waals surface area (Å²) in [6, 6.07) is 21.5. The van der Waals surface area contributed by atoms with Crippen LogP contribution in [0.4, 0.5) is 5.69 Å². The summed E-state index contributed by atoms with van der Waals surface area (Å²) in [6.45, 7) is 7.12. The number of nitrogens with zero attached hydrogens (tertiary/aromatic N) is 1. The number of benzene rings is 2. The van der Waals surface area contributed by atoms with Crippen LogP contribution in [0.15, 0.2) is 66.9 Å². The fourth-order valence-corrected chi connectivity index (χ4v) is 5.72. The summed E-state index contributed by atoms with van der Waals surface area (Å²) in [4.78, 5) is 17.3. The Labute approximate surface area is 162 Å². The first-order valence-corrected chi connectivity index (χ1v) is 13.3. The summed E-state index contributed by atoms with van der Waals surface area (Å²) in [5.41, 5.74) is 2.95. The maximum absolute atomic E-state index is 12.8. The van der Waals surface area contributed by atoms with Crippen molar-refractivity contribution in [3.05, 3.63) is 72.4 Å². The Kier molecular flexibility index (Phi) is 6.07. The smallest absolute Gasteiger partial charge is 0.224 e. The molecule has 0 fully saturated rings. The molecular formula is C23H28N2OSi. The van der Waals surface area contributed by atoms with Crippen molar-refractivity contribution in [2.45, 2.75) is 38.5 Å². The van der Waals surface area contributed by atoms with Gasteiger partial charge in [0.1, 0.15) is 0 Å². The third-order valence-electron chi connectivity index (χ3n) is 4.65. The average molecular weight is 377 g/mol. The Morgan fingerprint density at radius 2 is 1.74 bits per heavy atom. The second-order valence-corrected chi connectivity index (χ2v) is 14.0. The monoisotopic (exact) mass is 376 g/mol. The third kappa shape index (κ3) is 5.76. The molecule has 0 radical (unpaired) electrons. The first-order chi connectivity index (χ1) is 12.9. The highest BCUT2D eigenvalue weighted by atomic mass is 28.3. The van der Waals surface area contributed by atoms with E-state index >= 15 is 0 Å². The maximum atomic E-state index is 12.8. The summed E-state index contributed by atoms with van der Waals surface area (Å²) < 4.78 is 0. The summed E-state index contributed by atoms with van der Waals surface area (Å²) in [6.07, 6.45) is 3.26. The van der Waals surface area contributed by atoms with Gasteiger partial charge in [0, 0.05) is 26.1 Å². The number of aromatic nitrogens is 1. The molecule has 3 aromatic rings. The highest BCUT2D eigenvalue weighted by Gasteiger charge is 2.23. The molecule has 1 atom stereocenters. The second-order valence-electron chi connectivity index (χ2n) is 8.45. The van der Waals surface area contributed by atoms with E-state index in [4.69, 9.17) is 0 Å². The van der Waals surface area contributed by atoms with Gasteiger partial charge in [-0.1, -0.05) is 74.2 Å². The van der Waals surface area contributed by atoms with Gasteiger partial charge in [0.15, 0.2) is 0 Å². The molecule has 2 aromatic carbocycles. The van der Waals surface area contributed by atoms with E-state index in [-0.39, 0.29) is 5.91 Å². The van der Waals surface area contributed by atoms with E-state index in [1.54, 1.807) is 6.20 Å². The van der Waals surface area contributed by atoms with Gasteiger partial charge in [-0.25, -0.2) is 0 Å². The number of para-hydroxylation sites is 1. The van der Waals surface area contributed by atoms with Crippen LogP contribution in [0.1, 0.15) is 12.0 Å². The standard InChI is InChI=1S/C23H28N2OSi/c1-27(2,3)17-19(15-18-9-5-4-6-10-18)16-22(26)25-21-13-7-11-20-12-8-14-24-23(20)21/h4-14,19H,15-17H2,1-3H3,(H,25,26). The van der Waals surface area contributed by atoms with Crippen LogP contribution in [0.5, 0.6) is 0 Å². The zero-order valence-electron chi connectivity index (χ0n) is 16.4. The van der Waals surface area contributed by atoms with Crippen LogP contribution in [-0.4, -0.2) is 19.0 Å². The normalized spacial score (nSPS) is 12.7. The molecular weight excluding hydrogens is 348 g/mol. The van der Waals surface area contributed by atoms with Crippen molar-refractivity contribution in [3.8, 4) is 0 Å². The molecule has 0 aliphatic carbocycles. The SMILES string of the molecule is C[Si](C)(C)CC(CC(=O)Nc1cccc2cccnc12)Cc1ccccc1. The van der Waals surface area contributed by atoms with Gasteiger partial charge in [-0.05, 0) is 30.0 Å². The molecule has 1 unspecified atom stereocenters. The largest absolute Gasteiger partial charge is 0.324 e. The number of amides is 1. The molecule has 4 heteroatoms. The Bertz CT molecular complexity index is 898. The van der Waals surface area contributed by atoms with Gasteiger partial charge in [-0.3, -0.25) is 9.78 Å². The number of hydrogen-bond donors (Lipinski definition) is 1. The number of hydrogen-bond acceptors (Lipinski definition) is 2. The number of fused-ring (bicyclic) bond motifs is 1. The molecule has 140 valence electrons. The number of pyridine rings is 1. The molecule has 0 bridgehead atoms. The number of anilines is 1. The summed E-state index contributed by atoms with van der Waals surface area (Å²) in [5, 5.41) is 4.14. The Balaban J connectivity index is 1.73. The highest BCUT2D eigenvalue weighted by Crippen LogP contribution is 2.26. The Morgan fingerprint density at radius 1 is 1.00 bits per heavy atom. The lowest BCUT2D eigenvalue weighted by atomic mass is 9.97. The first kappa shape index (κ1) is 19.3. The van der Waals surface area contributed by atoms with Crippen LogP contribution in [0, 0.1) is 5.92 Å². The van der Waals surface area contributed by atoms with E-state index in [1.807, 2.05) is 36.4 Å². The molecule has 0 aliphatic heterocycles. The molecule has 1 N–H and O–H groups in total. The maximum Gasteiger partial charge on any atom is 0.224 e. The van der Waals surface area contributed by atoms with Crippen LogP contribution < -0.4 is 5.32 Å². The molecule has 0 aliphatic rings. The third-order valence-corrected chi connectivity index (χ3v) is 6.45. The van der Waals surface area contributed by atoms with Crippen LogP contribution in [-0.2, 0) is 11.2 Å². The first-order valence-electron chi connectivity index (χ1n) is 9.58. The minimum Gasteiger partial charge on any atom is -0.324 e. The van der Waals surface area contributed by atoms with Crippen molar-refractivity contribution in [1.82, 2.24) is 4.98 Å². The molecule has 3 rings (SSSR count). The van der Waals surface area contributed by atoms with Crippen molar-refractivity contribution >= 4 is 30.6 Å². The van der Waals surface area contributed by atoms with Crippen LogP contribution in [0.25, 0.3) is 10.9 Å². The summed E-state index contributed by atoms with van der Waals surface area (Å²) in [7, 11) is -1.27. The van der Waals surface area contributed by atoms with Crippen molar-refractivity contribution < 1.29 is 4.79 Å². The lowest BCUT2D eigenvalue weighted by Crippen LogP contribution is -2.28. The van der Waals surface area contributed by atoms with Gasteiger partial charge in [0.05, 0.1) is 11.2 Å². The predicted octanol–water partition coefficient (Wildman–Crippen LogP) is 5.76. The number of carbonyl (C=O) groups is 1. The highest BCUT2D eigenvalue weighted by molar-refractivity contribution is 6.76. The van der Waals surface area contributed by atoms with E-state index in [1.165, 1.54) is 5.56 Å². The van der Waals surface area contributed by atoms with Gasteiger partial charge in [-0.2, -0.15) is 0 Å². The second kappa shape index (κ2) is 8.48. The lowest BCUT2D eigenvalue weighted by Gasteiger charge is -2.24. The van der Waals surface area contributed by atoms with Crippen molar-refractivity contribution in [1.29, 1.82) is 0 Å². The minimum atomic E-state index is -1.27. The quantitative estimate of drug-likeness (QED) is 0.533. The van der Waals surface area contributed by atoms with Crippen LogP contribution >= 0.6 is 0 Å². The molecule has 1 heterocycles. The van der Waals surface area contributed by atoms with Crippen molar-refractivity contribution in [2.75, 3.05) is 5.32 Å². The van der Waals surface area contributed by atoms with Gasteiger partial charge < -0.3 is 5.32 Å². The van der Waals surface area contributed by atoms with E-state index < -0.39 is 8.07 Å². The molecule has 3 nitrogen and oxygen atoms in total. The Morgan fingerprint density at radius 3 is 2.48 bits per heavy atom. The fourth-order valence-electron chi connectivity index (χ4n) is 3.70. The zero-order valence-corrected chi connectivity index (χ0v) is 17.4. The summed E-state index contributed by atoms with van der Waals surface area (Å²) in [5.74, 6) is 0.439. The van der Waals surface area contributed by atoms with Crippen LogP contribution in [0.2, 0.25) is 25.7 Å². The molecule has 1 amide bonds. The molecule has 0 saturated carbocycles. The topological polar surface area (TPSA) is 42.0 Å². The lowest BCUT2D eigenvalue weighted by molar-refractivity contribution is -0.116. The number of nitrogens with one attached hydrogen (secondary N) is 1. The minimum absolute atomic E-state index is 0.0762. The van der Waals surface area contributed by atoms with E-state index in [0.29, 0.717) is 12.3 Å². The number of rotatable bonds is 7. The van der Waals surface area contributed by atoms with E-state index in [2.05, 4.69) is 54.2 Å². The molecule has 27 heavy (non-hydrogen) atoms. The fraction of sp³-hybridized carbons (Fsp3) is 0.304. The van der Waals surface area contributed by atoms with E-state index in [0.717, 1.165) is 29.1 Å². The Hall–Kier alpha value is -2.46. The molecule has 1 aromatic heterocycles. The van der Waals surface area contributed by atoms with Crippen molar-refractivity contribution in [2.24, 2.45) is 5.92 Å². The van der Waals surface area contributed by atoms with E-state index in [9.17, 15) is 4.79 Å². The molecule has 0 spiro atoms. The average Bonchev–Trinajstić information content (AvgIpc) is 2.61. The van der Waals surface area contributed by atoms with Gasteiger partial charge in [0.25, 0.3) is 0 Å². The molecule has 0 saturated heterocycles.